The van der Waals surface area contributed by atoms with Crippen LogP contribution in [0, 0.1) is 5.82 Å². The predicted octanol–water partition coefficient (Wildman–Crippen LogP) is 4.24. The van der Waals surface area contributed by atoms with Crippen LogP contribution in [-0.4, -0.2) is 22.4 Å². The van der Waals surface area contributed by atoms with Gasteiger partial charge in [0.1, 0.15) is 11.5 Å². The Morgan fingerprint density at radius 3 is 2.65 bits per heavy atom. The van der Waals surface area contributed by atoms with E-state index in [4.69, 9.17) is 11.6 Å². The highest BCUT2D eigenvalue weighted by molar-refractivity contribution is 6.35. The van der Waals surface area contributed by atoms with Gasteiger partial charge in [0.05, 0.1) is 0 Å². The molecule has 1 amide bonds. The van der Waals surface area contributed by atoms with Crippen molar-refractivity contribution >= 4 is 28.4 Å². The van der Waals surface area contributed by atoms with Gasteiger partial charge in [0, 0.05) is 36.6 Å². The maximum absolute atomic E-state index is 13.3. The fourth-order valence-corrected chi connectivity index (χ4v) is 2.93. The van der Waals surface area contributed by atoms with Crippen molar-refractivity contribution in [3.8, 4) is 0 Å². The highest BCUT2D eigenvalue weighted by Crippen LogP contribution is 2.26. The standard InChI is InChI=1S/C18H16ClFN2O/c1-21(11-12-5-3-6-13(20)9-12)18(23)17-10-14-15(19)7-4-8-16(14)22(17)2/h3-10H,11H2,1-2H3. The lowest BCUT2D eigenvalue weighted by Crippen LogP contribution is -2.27. The minimum atomic E-state index is -0.306. The van der Waals surface area contributed by atoms with E-state index in [9.17, 15) is 9.18 Å². The topological polar surface area (TPSA) is 25.2 Å². The Labute approximate surface area is 138 Å². The Morgan fingerprint density at radius 2 is 1.96 bits per heavy atom. The molecule has 0 radical (unpaired) electrons. The van der Waals surface area contributed by atoms with E-state index in [2.05, 4.69) is 0 Å². The van der Waals surface area contributed by atoms with E-state index in [1.165, 1.54) is 12.1 Å². The Morgan fingerprint density at radius 1 is 1.22 bits per heavy atom. The fraction of sp³-hybridized carbons (Fsp3) is 0.167. The third-order valence-electron chi connectivity index (χ3n) is 3.91. The van der Waals surface area contributed by atoms with E-state index in [-0.39, 0.29) is 11.7 Å². The number of carbonyl (C=O) groups excluding carboxylic acids is 1. The molecule has 0 aliphatic rings. The second-order valence-corrected chi connectivity index (χ2v) is 5.96. The number of halogens is 2. The maximum atomic E-state index is 13.3. The van der Waals surface area contributed by atoms with Crippen molar-refractivity contribution in [2.24, 2.45) is 7.05 Å². The molecule has 118 valence electrons. The molecule has 1 heterocycles. The molecule has 3 nitrogen and oxygen atoms in total. The molecule has 0 N–H and O–H groups in total. The zero-order valence-corrected chi connectivity index (χ0v) is 13.6. The Hall–Kier alpha value is -2.33. The Balaban J connectivity index is 1.91. The van der Waals surface area contributed by atoms with Crippen molar-refractivity contribution in [1.82, 2.24) is 9.47 Å². The van der Waals surface area contributed by atoms with Crippen molar-refractivity contribution in [1.29, 1.82) is 0 Å². The van der Waals surface area contributed by atoms with Gasteiger partial charge in [0.15, 0.2) is 0 Å². The molecule has 1 aromatic heterocycles. The van der Waals surface area contributed by atoms with Crippen LogP contribution in [0.15, 0.2) is 48.5 Å². The molecule has 3 aromatic rings. The second-order valence-electron chi connectivity index (χ2n) is 5.55. The normalized spacial score (nSPS) is 11.0. The number of aromatic nitrogens is 1. The summed E-state index contributed by atoms with van der Waals surface area (Å²) in [7, 11) is 3.54. The van der Waals surface area contributed by atoms with Crippen molar-refractivity contribution in [2.75, 3.05) is 7.05 Å². The average molecular weight is 331 g/mol. The third-order valence-corrected chi connectivity index (χ3v) is 4.24. The van der Waals surface area contributed by atoms with Gasteiger partial charge in [-0.2, -0.15) is 0 Å². The number of amides is 1. The summed E-state index contributed by atoms with van der Waals surface area (Å²) in [6.07, 6.45) is 0. The molecule has 0 aliphatic carbocycles. The number of hydrogen-bond donors (Lipinski definition) is 0. The molecule has 3 rings (SSSR count). The molecule has 0 bridgehead atoms. The third kappa shape index (κ3) is 2.94. The largest absolute Gasteiger partial charge is 0.340 e. The molecular weight excluding hydrogens is 315 g/mol. The lowest BCUT2D eigenvalue weighted by Gasteiger charge is -2.17. The van der Waals surface area contributed by atoms with Crippen molar-refractivity contribution in [3.05, 3.63) is 70.6 Å². The first kappa shape index (κ1) is 15.6. The minimum absolute atomic E-state index is 0.135. The van der Waals surface area contributed by atoms with Gasteiger partial charge in [-0.1, -0.05) is 29.8 Å². The van der Waals surface area contributed by atoms with Crippen LogP contribution >= 0.6 is 11.6 Å². The van der Waals surface area contributed by atoms with Crippen molar-refractivity contribution in [2.45, 2.75) is 6.54 Å². The molecule has 0 saturated heterocycles. The van der Waals surface area contributed by atoms with Crippen LogP contribution in [0.25, 0.3) is 10.9 Å². The molecule has 5 heteroatoms. The molecule has 0 aliphatic heterocycles. The summed E-state index contributed by atoms with van der Waals surface area (Å²) in [5.74, 6) is -0.441. The van der Waals surface area contributed by atoms with Gasteiger partial charge < -0.3 is 9.47 Å². The fourth-order valence-electron chi connectivity index (χ4n) is 2.71. The summed E-state index contributed by atoms with van der Waals surface area (Å²) in [5.41, 5.74) is 2.20. The number of hydrogen-bond acceptors (Lipinski definition) is 1. The summed E-state index contributed by atoms with van der Waals surface area (Å²) >= 11 is 6.19. The smallest absolute Gasteiger partial charge is 0.270 e. The van der Waals surface area contributed by atoms with Gasteiger partial charge in [0.2, 0.25) is 0 Å². The van der Waals surface area contributed by atoms with Gasteiger partial charge in [-0.05, 0) is 35.9 Å². The van der Waals surface area contributed by atoms with E-state index < -0.39 is 0 Å². The number of nitrogens with zero attached hydrogens (tertiary/aromatic N) is 2. The Kier molecular flexibility index (Phi) is 4.09. The first-order chi connectivity index (χ1) is 11.0. The molecule has 0 spiro atoms. The number of carbonyl (C=O) groups is 1. The molecule has 2 aromatic carbocycles. The first-order valence-corrected chi connectivity index (χ1v) is 7.59. The number of rotatable bonds is 3. The van der Waals surface area contributed by atoms with E-state index in [1.54, 1.807) is 36.2 Å². The summed E-state index contributed by atoms with van der Waals surface area (Å²) in [6, 6.07) is 13.6. The molecular formula is C18H16ClFN2O. The lowest BCUT2D eigenvalue weighted by atomic mass is 10.2. The molecule has 0 unspecified atom stereocenters. The zero-order valence-electron chi connectivity index (χ0n) is 12.9. The molecule has 23 heavy (non-hydrogen) atoms. The minimum Gasteiger partial charge on any atom is -0.340 e. The highest BCUT2D eigenvalue weighted by Gasteiger charge is 2.18. The quantitative estimate of drug-likeness (QED) is 0.705. The van der Waals surface area contributed by atoms with Crippen molar-refractivity contribution in [3.63, 3.8) is 0 Å². The molecule has 0 fully saturated rings. The SMILES string of the molecule is CN(Cc1cccc(F)c1)C(=O)c1cc2c(Cl)cccc2n1C. The lowest BCUT2D eigenvalue weighted by molar-refractivity contribution is 0.0776. The maximum Gasteiger partial charge on any atom is 0.270 e. The van der Waals surface area contributed by atoms with Gasteiger partial charge in [-0.3, -0.25) is 4.79 Å². The van der Waals surface area contributed by atoms with E-state index in [0.717, 1.165) is 16.5 Å². The van der Waals surface area contributed by atoms with Crippen LogP contribution in [-0.2, 0) is 13.6 Å². The predicted molar refractivity (Wildman–Crippen MR) is 90.1 cm³/mol. The molecule has 0 saturated carbocycles. The number of fused-ring (bicyclic) bond motifs is 1. The van der Waals surface area contributed by atoms with E-state index in [1.807, 2.05) is 23.7 Å². The van der Waals surface area contributed by atoms with Crippen LogP contribution in [0.3, 0.4) is 0 Å². The van der Waals surface area contributed by atoms with Crippen LogP contribution in [0.1, 0.15) is 16.1 Å². The highest BCUT2D eigenvalue weighted by atomic mass is 35.5. The summed E-state index contributed by atoms with van der Waals surface area (Å²) in [5, 5.41) is 1.46. The monoisotopic (exact) mass is 330 g/mol. The van der Waals surface area contributed by atoms with Gasteiger partial charge in [0.25, 0.3) is 5.91 Å². The van der Waals surface area contributed by atoms with Crippen molar-refractivity contribution < 1.29 is 9.18 Å². The molecule has 0 atom stereocenters. The van der Waals surface area contributed by atoms with Crippen LogP contribution < -0.4 is 0 Å². The number of aryl methyl sites for hydroxylation is 1. The van der Waals surface area contributed by atoms with Gasteiger partial charge >= 0.3 is 0 Å². The van der Waals surface area contributed by atoms with Crippen LogP contribution in [0.4, 0.5) is 4.39 Å². The van der Waals surface area contributed by atoms with E-state index >= 15 is 0 Å². The van der Waals surface area contributed by atoms with Gasteiger partial charge in [-0.15, -0.1) is 0 Å². The average Bonchev–Trinajstić information content (AvgIpc) is 2.85. The van der Waals surface area contributed by atoms with Crippen LogP contribution in [0.2, 0.25) is 5.02 Å². The summed E-state index contributed by atoms with van der Waals surface area (Å²) in [4.78, 5) is 14.3. The van der Waals surface area contributed by atoms with E-state index in [0.29, 0.717) is 17.3 Å². The zero-order chi connectivity index (χ0) is 16.6. The summed E-state index contributed by atoms with van der Waals surface area (Å²) < 4.78 is 15.1. The second kappa shape index (κ2) is 6.05. The first-order valence-electron chi connectivity index (χ1n) is 7.21. The van der Waals surface area contributed by atoms with Crippen LogP contribution in [0.5, 0.6) is 0 Å². The summed E-state index contributed by atoms with van der Waals surface area (Å²) in [6.45, 7) is 0.339. The Bertz CT molecular complexity index is 888. The van der Waals surface area contributed by atoms with Gasteiger partial charge in [-0.25, -0.2) is 4.39 Å². The number of benzene rings is 2.